The number of ether oxygens (including phenoxy) is 1. The minimum absolute atomic E-state index is 0.531. The predicted octanol–water partition coefficient (Wildman–Crippen LogP) is 2.73. The lowest BCUT2D eigenvalue weighted by Crippen LogP contribution is -2.12. The number of nitrogens with one attached hydrogen (secondary N) is 1. The van der Waals surface area contributed by atoms with Crippen molar-refractivity contribution in [2.75, 3.05) is 7.11 Å². The smallest absolute Gasteiger partial charge is 0.136 e. The topological polar surface area (TPSA) is 68.8 Å². The molecule has 21 heavy (non-hydrogen) atoms. The summed E-state index contributed by atoms with van der Waals surface area (Å²) in [6, 6.07) is 17.2. The van der Waals surface area contributed by atoms with E-state index in [0.717, 1.165) is 11.1 Å². The molecule has 0 fully saturated rings. The van der Waals surface area contributed by atoms with Gasteiger partial charge in [-0.3, -0.25) is 0 Å². The summed E-state index contributed by atoms with van der Waals surface area (Å²) in [7, 11) is 1.56. The number of methoxy groups -OCH3 is 1. The van der Waals surface area contributed by atoms with Crippen molar-refractivity contribution in [3.8, 4) is 17.9 Å². The van der Waals surface area contributed by atoms with Crippen LogP contribution in [0.1, 0.15) is 22.3 Å². The highest BCUT2D eigenvalue weighted by atomic mass is 16.5. The summed E-state index contributed by atoms with van der Waals surface area (Å²) >= 11 is 0. The summed E-state index contributed by atoms with van der Waals surface area (Å²) in [5.74, 6) is 0.586. The highest BCUT2D eigenvalue weighted by Crippen LogP contribution is 2.19. The lowest BCUT2D eigenvalue weighted by molar-refractivity contribution is 0.412. The van der Waals surface area contributed by atoms with Gasteiger partial charge >= 0.3 is 0 Å². The maximum Gasteiger partial charge on any atom is 0.136 e. The zero-order valence-electron chi connectivity index (χ0n) is 11.8. The van der Waals surface area contributed by atoms with Crippen LogP contribution >= 0.6 is 0 Å². The Kier molecular flexibility index (Phi) is 4.93. The molecule has 0 radical (unpaired) electrons. The molecule has 4 nitrogen and oxygen atoms in total. The monoisotopic (exact) mass is 277 g/mol. The average molecular weight is 277 g/mol. The Labute approximate surface area is 124 Å². The van der Waals surface area contributed by atoms with Crippen LogP contribution in [0.25, 0.3) is 0 Å². The van der Waals surface area contributed by atoms with Crippen LogP contribution in [0.2, 0.25) is 0 Å². The van der Waals surface area contributed by atoms with E-state index in [4.69, 9.17) is 15.3 Å². The Morgan fingerprint density at radius 1 is 1.00 bits per heavy atom. The second kappa shape index (κ2) is 7.09. The van der Waals surface area contributed by atoms with Crippen molar-refractivity contribution in [1.82, 2.24) is 5.32 Å². The van der Waals surface area contributed by atoms with E-state index >= 15 is 0 Å². The maximum absolute atomic E-state index is 8.94. The van der Waals surface area contributed by atoms with Crippen LogP contribution < -0.4 is 10.1 Å². The number of rotatable bonds is 5. The maximum atomic E-state index is 8.94. The lowest BCUT2D eigenvalue weighted by atomic mass is 10.1. The summed E-state index contributed by atoms with van der Waals surface area (Å²) < 4.78 is 5.19. The molecule has 104 valence electrons. The first-order valence-corrected chi connectivity index (χ1v) is 6.53. The van der Waals surface area contributed by atoms with E-state index in [2.05, 4.69) is 17.5 Å². The van der Waals surface area contributed by atoms with Crippen molar-refractivity contribution in [2.45, 2.75) is 13.1 Å². The SMILES string of the molecule is COc1cc(CNCc2cccc(C#N)c2)ccc1C#N. The van der Waals surface area contributed by atoms with E-state index in [1.165, 1.54) is 0 Å². The molecule has 0 spiro atoms. The molecular formula is C17H15N3O. The van der Waals surface area contributed by atoms with Gasteiger partial charge in [0.1, 0.15) is 11.8 Å². The first-order valence-electron chi connectivity index (χ1n) is 6.53. The Morgan fingerprint density at radius 3 is 2.43 bits per heavy atom. The van der Waals surface area contributed by atoms with Crippen molar-refractivity contribution in [3.63, 3.8) is 0 Å². The largest absolute Gasteiger partial charge is 0.495 e. The lowest BCUT2D eigenvalue weighted by Gasteiger charge is -2.08. The fourth-order valence-corrected chi connectivity index (χ4v) is 2.04. The third-order valence-electron chi connectivity index (χ3n) is 3.10. The Morgan fingerprint density at radius 2 is 1.76 bits per heavy atom. The summed E-state index contributed by atoms with van der Waals surface area (Å²) in [5, 5.41) is 21.1. The second-order valence-corrected chi connectivity index (χ2v) is 4.56. The van der Waals surface area contributed by atoms with Gasteiger partial charge in [-0.25, -0.2) is 0 Å². The first-order chi connectivity index (χ1) is 10.3. The van der Waals surface area contributed by atoms with E-state index in [-0.39, 0.29) is 0 Å². The molecule has 0 aliphatic carbocycles. The van der Waals surface area contributed by atoms with Gasteiger partial charge < -0.3 is 10.1 Å². The zero-order chi connectivity index (χ0) is 15.1. The van der Waals surface area contributed by atoms with E-state index in [0.29, 0.717) is 30.0 Å². The average Bonchev–Trinajstić information content (AvgIpc) is 2.55. The van der Waals surface area contributed by atoms with E-state index in [1.807, 2.05) is 30.3 Å². The van der Waals surface area contributed by atoms with Crippen LogP contribution in [0, 0.1) is 22.7 Å². The molecule has 0 atom stereocenters. The van der Waals surface area contributed by atoms with E-state index in [1.54, 1.807) is 19.2 Å². The number of nitriles is 2. The minimum Gasteiger partial charge on any atom is -0.495 e. The summed E-state index contributed by atoms with van der Waals surface area (Å²) in [6.07, 6.45) is 0. The molecule has 2 aromatic rings. The van der Waals surface area contributed by atoms with Crippen molar-refractivity contribution in [2.24, 2.45) is 0 Å². The van der Waals surface area contributed by atoms with Gasteiger partial charge in [0.05, 0.1) is 24.3 Å². The molecule has 0 aliphatic heterocycles. The summed E-state index contributed by atoms with van der Waals surface area (Å²) in [5.41, 5.74) is 3.30. The molecule has 0 heterocycles. The van der Waals surface area contributed by atoms with Gasteiger partial charge in [-0.15, -0.1) is 0 Å². The Balaban J connectivity index is 1.97. The fourth-order valence-electron chi connectivity index (χ4n) is 2.04. The van der Waals surface area contributed by atoms with Crippen molar-refractivity contribution >= 4 is 0 Å². The number of hydrogen-bond acceptors (Lipinski definition) is 4. The van der Waals surface area contributed by atoms with Crippen molar-refractivity contribution < 1.29 is 4.74 Å². The summed E-state index contributed by atoms with van der Waals surface area (Å²) in [6.45, 7) is 1.34. The van der Waals surface area contributed by atoms with Crippen molar-refractivity contribution in [3.05, 3.63) is 64.7 Å². The molecule has 0 bridgehead atoms. The van der Waals surface area contributed by atoms with E-state index < -0.39 is 0 Å². The van der Waals surface area contributed by atoms with Gasteiger partial charge in [-0.1, -0.05) is 18.2 Å². The fraction of sp³-hybridized carbons (Fsp3) is 0.176. The highest BCUT2D eigenvalue weighted by Gasteiger charge is 2.03. The summed E-state index contributed by atoms with van der Waals surface area (Å²) in [4.78, 5) is 0. The minimum atomic E-state index is 0.531. The number of nitrogens with zero attached hydrogens (tertiary/aromatic N) is 2. The standard InChI is InChI=1S/C17H15N3O/c1-21-17-8-15(5-6-16(17)10-19)12-20-11-14-4-2-3-13(7-14)9-18/h2-8,20H,11-12H2,1H3. The van der Waals surface area contributed by atoms with E-state index in [9.17, 15) is 0 Å². The molecule has 0 aromatic heterocycles. The first kappa shape index (κ1) is 14.6. The van der Waals surface area contributed by atoms with Gasteiger partial charge in [0.15, 0.2) is 0 Å². The van der Waals surface area contributed by atoms with Crippen LogP contribution in [0.4, 0.5) is 0 Å². The Hall–Kier alpha value is -2.82. The van der Waals surface area contributed by atoms with Gasteiger partial charge in [0.2, 0.25) is 0 Å². The van der Waals surface area contributed by atoms with Gasteiger partial charge in [0, 0.05) is 13.1 Å². The van der Waals surface area contributed by atoms with Crippen molar-refractivity contribution in [1.29, 1.82) is 10.5 Å². The Bertz CT molecular complexity index is 711. The van der Waals surface area contributed by atoms with Gasteiger partial charge in [-0.2, -0.15) is 10.5 Å². The van der Waals surface area contributed by atoms with Crippen LogP contribution in [-0.4, -0.2) is 7.11 Å². The van der Waals surface area contributed by atoms with Crippen LogP contribution in [0.3, 0.4) is 0 Å². The molecule has 0 amide bonds. The number of benzene rings is 2. The normalized spacial score (nSPS) is 9.67. The van der Waals surface area contributed by atoms with Crippen LogP contribution in [0.15, 0.2) is 42.5 Å². The van der Waals surface area contributed by atoms with Gasteiger partial charge in [0.25, 0.3) is 0 Å². The molecule has 2 rings (SSSR count). The highest BCUT2D eigenvalue weighted by molar-refractivity contribution is 5.45. The third-order valence-corrected chi connectivity index (χ3v) is 3.10. The third kappa shape index (κ3) is 3.82. The van der Waals surface area contributed by atoms with Crippen LogP contribution in [-0.2, 0) is 13.1 Å². The quantitative estimate of drug-likeness (QED) is 0.912. The molecule has 0 unspecified atom stereocenters. The molecule has 1 N–H and O–H groups in total. The molecule has 0 saturated heterocycles. The second-order valence-electron chi connectivity index (χ2n) is 4.56. The predicted molar refractivity (Wildman–Crippen MR) is 79.4 cm³/mol. The van der Waals surface area contributed by atoms with Gasteiger partial charge in [-0.05, 0) is 35.4 Å². The number of hydrogen-bond donors (Lipinski definition) is 1. The molecular weight excluding hydrogens is 262 g/mol. The molecule has 0 aliphatic rings. The molecule has 2 aromatic carbocycles. The molecule has 0 saturated carbocycles. The van der Waals surface area contributed by atoms with Crippen LogP contribution in [0.5, 0.6) is 5.75 Å². The molecule has 4 heteroatoms. The zero-order valence-corrected chi connectivity index (χ0v) is 11.8.